The van der Waals surface area contributed by atoms with Crippen LogP contribution in [0.15, 0.2) is 45.6 Å². The fourth-order valence-corrected chi connectivity index (χ4v) is 3.80. The van der Waals surface area contributed by atoms with Crippen LogP contribution in [0.2, 0.25) is 0 Å². The fourth-order valence-electron chi connectivity index (χ4n) is 3.80. The monoisotopic (exact) mass is 394 g/mol. The molecule has 0 radical (unpaired) electrons. The molecule has 0 aliphatic carbocycles. The highest BCUT2D eigenvalue weighted by atomic mass is 16.5. The van der Waals surface area contributed by atoms with Crippen LogP contribution in [-0.2, 0) is 29.0 Å². The Morgan fingerprint density at radius 2 is 1.90 bits per heavy atom. The molecule has 0 spiro atoms. The minimum absolute atomic E-state index is 0.0982. The van der Waals surface area contributed by atoms with Gasteiger partial charge in [-0.2, -0.15) is 0 Å². The van der Waals surface area contributed by atoms with E-state index in [0.717, 1.165) is 28.8 Å². The van der Waals surface area contributed by atoms with Crippen molar-refractivity contribution in [2.24, 2.45) is 0 Å². The van der Waals surface area contributed by atoms with Gasteiger partial charge in [-0.3, -0.25) is 9.69 Å². The number of nitrogens with one attached hydrogen (secondary N) is 1. The predicted octanol–water partition coefficient (Wildman–Crippen LogP) is 2.06. The first kappa shape index (κ1) is 19.2. The van der Waals surface area contributed by atoms with E-state index in [1.54, 1.807) is 0 Å². The van der Waals surface area contributed by atoms with E-state index in [1.807, 2.05) is 19.1 Å². The summed E-state index contributed by atoms with van der Waals surface area (Å²) in [6.45, 7) is 5.97. The lowest BCUT2D eigenvalue weighted by Crippen LogP contribution is -3.10. The van der Waals surface area contributed by atoms with E-state index in [9.17, 15) is 9.59 Å². The molecule has 0 bridgehead atoms. The molecule has 1 aliphatic rings. The summed E-state index contributed by atoms with van der Waals surface area (Å²) in [4.78, 5) is 25.5. The van der Waals surface area contributed by atoms with E-state index in [2.05, 4.69) is 31.2 Å². The molecule has 1 aliphatic heterocycles. The molecule has 0 saturated carbocycles. The highest BCUT2D eigenvalue weighted by Crippen LogP contribution is 2.31. The number of rotatable bonds is 4. The zero-order valence-electron chi connectivity index (χ0n) is 16.8. The van der Waals surface area contributed by atoms with E-state index in [0.29, 0.717) is 24.4 Å². The van der Waals surface area contributed by atoms with Crippen molar-refractivity contribution in [3.8, 4) is 5.75 Å². The minimum atomic E-state index is -0.501. The molecule has 0 amide bonds. The Morgan fingerprint density at radius 3 is 2.62 bits per heavy atom. The number of hydrogen-bond acceptors (Lipinski definition) is 5. The molecule has 150 valence electrons. The summed E-state index contributed by atoms with van der Waals surface area (Å²) in [7, 11) is 1.31. The maximum absolute atomic E-state index is 12.6. The molecule has 2 heterocycles. The van der Waals surface area contributed by atoms with Crippen molar-refractivity contribution in [2.45, 2.75) is 33.4 Å². The van der Waals surface area contributed by atoms with Gasteiger partial charge in [-0.1, -0.05) is 29.8 Å². The Kier molecular flexibility index (Phi) is 5.11. The van der Waals surface area contributed by atoms with Gasteiger partial charge < -0.3 is 13.9 Å². The molecule has 4 rings (SSSR count). The quantitative estimate of drug-likeness (QED) is 0.542. The summed E-state index contributed by atoms with van der Waals surface area (Å²) >= 11 is 0. The summed E-state index contributed by atoms with van der Waals surface area (Å²) in [5.74, 6) is 0.281. The number of aryl methyl sites for hydroxylation is 2. The average Bonchev–Trinajstić information content (AvgIpc) is 2.72. The van der Waals surface area contributed by atoms with E-state index in [-0.39, 0.29) is 6.42 Å². The Bertz CT molecular complexity index is 1130. The minimum Gasteiger partial charge on any atom is -0.469 e. The van der Waals surface area contributed by atoms with Crippen LogP contribution in [0.1, 0.15) is 27.8 Å². The van der Waals surface area contributed by atoms with Gasteiger partial charge in [-0.05, 0) is 31.5 Å². The van der Waals surface area contributed by atoms with Gasteiger partial charge in [0, 0.05) is 10.9 Å². The molecule has 1 atom stereocenters. The van der Waals surface area contributed by atoms with Crippen LogP contribution < -0.4 is 15.3 Å². The maximum atomic E-state index is 12.6. The number of quaternary nitrogens is 1. The molecule has 1 unspecified atom stereocenters. The third kappa shape index (κ3) is 3.76. The van der Waals surface area contributed by atoms with E-state index >= 15 is 0 Å². The number of hydrogen-bond donors (Lipinski definition) is 1. The number of ether oxygens (including phenoxy) is 2. The fraction of sp³-hybridized carbons (Fsp3) is 0.304. The van der Waals surface area contributed by atoms with Crippen LogP contribution in [-0.4, -0.2) is 19.8 Å². The number of esters is 1. The van der Waals surface area contributed by atoms with Crippen molar-refractivity contribution in [2.75, 3.05) is 13.8 Å². The third-order valence-electron chi connectivity index (χ3n) is 5.50. The molecule has 6 nitrogen and oxygen atoms in total. The molecule has 1 aromatic heterocycles. The highest BCUT2D eigenvalue weighted by molar-refractivity contribution is 5.87. The summed E-state index contributed by atoms with van der Waals surface area (Å²) < 4.78 is 16.3. The van der Waals surface area contributed by atoms with Crippen LogP contribution >= 0.6 is 0 Å². The Hall–Kier alpha value is -3.12. The van der Waals surface area contributed by atoms with Gasteiger partial charge >= 0.3 is 11.6 Å². The Balaban J connectivity index is 1.70. The molecular weight excluding hydrogens is 370 g/mol. The first-order chi connectivity index (χ1) is 14.0. The predicted molar refractivity (Wildman–Crippen MR) is 108 cm³/mol. The van der Waals surface area contributed by atoms with Gasteiger partial charge in [0.25, 0.3) is 0 Å². The zero-order chi connectivity index (χ0) is 20.5. The SMILES string of the molecule is COC(=O)Cc1c(C)c2ccc3c(c2oc1=O)C[NH+](Cc1ccc(C)cc1)CO3. The van der Waals surface area contributed by atoms with Crippen molar-refractivity contribution in [3.05, 3.63) is 74.6 Å². The number of benzene rings is 2. The van der Waals surface area contributed by atoms with Gasteiger partial charge in [-0.25, -0.2) is 4.79 Å². The molecular formula is C23H24NO5+. The summed E-state index contributed by atoms with van der Waals surface area (Å²) in [6, 6.07) is 12.3. The second kappa shape index (κ2) is 7.72. The van der Waals surface area contributed by atoms with Gasteiger partial charge in [-0.15, -0.1) is 0 Å². The number of fused-ring (bicyclic) bond motifs is 3. The average molecular weight is 394 g/mol. The summed E-state index contributed by atoms with van der Waals surface area (Å²) in [6.07, 6.45) is -0.0982. The Labute approximate surface area is 168 Å². The lowest BCUT2D eigenvalue weighted by Gasteiger charge is -2.26. The van der Waals surface area contributed by atoms with Gasteiger partial charge in [0.2, 0.25) is 6.73 Å². The summed E-state index contributed by atoms with van der Waals surface area (Å²) in [5.41, 5.74) is 4.48. The van der Waals surface area contributed by atoms with Gasteiger partial charge in [0.15, 0.2) is 5.58 Å². The van der Waals surface area contributed by atoms with Crippen LogP contribution in [0.5, 0.6) is 5.75 Å². The van der Waals surface area contributed by atoms with E-state index in [4.69, 9.17) is 13.9 Å². The standard InChI is InChI=1S/C23H23NO5/c1-14-4-6-16(7-5-14)11-24-12-19-20(28-13-24)9-8-17-15(2)18(10-21(25)27-3)23(26)29-22(17)19/h4-9H,10-13H2,1-3H3/p+1. The molecule has 2 aromatic carbocycles. The maximum Gasteiger partial charge on any atom is 0.340 e. The molecule has 1 N–H and O–H groups in total. The van der Waals surface area contributed by atoms with Crippen molar-refractivity contribution < 1.29 is 23.6 Å². The van der Waals surface area contributed by atoms with E-state index in [1.165, 1.54) is 23.1 Å². The highest BCUT2D eigenvalue weighted by Gasteiger charge is 2.26. The van der Waals surface area contributed by atoms with Crippen molar-refractivity contribution in [3.63, 3.8) is 0 Å². The van der Waals surface area contributed by atoms with Crippen molar-refractivity contribution >= 4 is 16.9 Å². The number of carbonyl (C=O) groups is 1. The second-order valence-corrected chi connectivity index (χ2v) is 7.54. The van der Waals surface area contributed by atoms with Gasteiger partial charge in [0.05, 0.1) is 24.7 Å². The summed E-state index contributed by atoms with van der Waals surface area (Å²) in [5, 5.41) is 0.822. The van der Waals surface area contributed by atoms with Crippen LogP contribution in [0.4, 0.5) is 0 Å². The molecule has 29 heavy (non-hydrogen) atoms. The number of carbonyl (C=O) groups excluding carboxylic acids is 1. The normalized spacial score (nSPS) is 15.6. The molecule has 3 aromatic rings. The smallest absolute Gasteiger partial charge is 0.340 e. The van der Waals surface area contributed by atoms with Gasteiger partial charge in [0.1, 0.15) is 18.8 Å². The van der Waals surface area contributed by atoms with Crippen molar-refractivity contribution in [1.82, 2.24) is 0 Å². The number of methoxy groups -OCH3 is 1. The molecule has 0 fully saturated rings. The second-order valence-electron chi connectivity index (χ2n) is 7.54. The molecule has 0 saturated heterocycles. The van der Waals surface area contributed by atoms with Crippen LogP contribution in [0, 0.1) is 13.8 Å². The lowest BCUT2D eigenvalue weighted by atomic mass is 10.00. The van der Waals surface area contributed by atoms with E-state index < -0.39 is 11.6 Å². The zero-order valence-corrected chi connectivity index (χ0v) is 16.8. The van der Waals surface area contributed by atoms with Crippen LogP contribution in [0.25, 0.3) is 11.0 Å². The molecule has 6 heteroatoms. The first-order valence-electron chi connectivity index (χ1n) is 9.63. The third-order valence-corrected chi connectivity index (χ3v) is 5.50. The topological polar surface area (TPSA) is 70.2 Å². The Morgan fingerprint density at radius 1 is 1.14 bits per heavy atom. The largest absolute Gasteiger partial charge is 0.469 e. The van der Waals surface area contributed by atoms with Crippen molar-refractivity contribution in [1.29, 1.82) is 0 Å². The van der Waals surface area contributed by atoms with Crippen LogP contribution in [0.3, 0.4) is 0 Å². The first-order valence-corrected chi connectivity index (χ1v) is 9.63. The lowest BCUT2D eigenvalue weighted by molar-refractivity contribution is -0.945.